The predicted molar refractivity (Wildman–Crippen MR) is 70.4 cm³/mol. The van der Waals surface area contributed by atoms with Crippen LogP contribution in [0.5, 0.6) is 11.8 Å². The third-order valence-corrected chi connectivity index (χ3v) is 2.64. The summed E-state index contributed by atoms with van der Waals surface area (Å²) in [7, 11) is 0. The van der Waals surface area contributed by atoms with Crippen LogP contribution in [-0.2, 0) is 0 Å². The number of nitrogens with zero attached hydrogens (tertiary/aromatic N) is 2. The molecule has 0 fully saturated rings. The fraction of sp³-hybridized carbons (Fsp3) is 0. The topological polar surface area (TPSA) is 61.0 Å². The average molecular weight is 255 g/mol. The van der Waals surface area contributed by atoms with Gasteiger partial charge in [-0.15, -0.1) is 0 Å². The number of anilines is 1. The fourth-order valence-corrected chi connectivity index (χ4v) is 1.70. The van der Waals surface area contributed by atoms with Crippen molar-refractivity contribution in [2.45, 2.75) is 0 Å². The van der Waals surface area contributed by atoms with Gasteiger partial charge in [0, 0.05) is 17.6 Å². The number of halogens is 1. The molecule has 3 rings (SSSR count). The molecule has 94 valence electrons. The minimum Gasteiger partial charge on any atom is -0.422 e. The molecule has 3 aromatic rings. The lowest BCUT2D eigenvalue weighted by molar-refractivity contribution is 0.442. The van der Waals surface area contributed by atoms with Crippen molar-refractivity contribution >= 4 is 16.6 Å². The van der Waals surface area contributed by atoms with Crippen molar-refractivity contribution in [2.24, 2.45) is 0 Å². The summed E-state index contributed by atoms with van der Waals surface area (Å²) < 4.78 is 18.5. The second-order valence-corrected chi connectivity index (χ2v) is 4.00. The molecule has 0 bridgehead atoms. The molecule has 0 saturated carbocycles. The van der Waals surface area contributed by atoms with Crippen molar-refractivity contribution in [2.75, 3.05) is 5.73 Å². The molecule has 19 heavy (non-hydrogen) atoms. The van der Waals surface area contributed by atoms with Gasteiger partial charge in [0.05, 0.1) is 11.2 Å². The van der Waals surface area contributed by atoms with E-state index >= 15 is 0 Å². The van der Waals surface area contributed by atoms with E-state index in [0.717, 1.165) is 10.9 Å². The predicted octanol–water partition coefficient (Wildman–Crippen LogP) is 3.14. The number of fused-ring (bicyclic) bond motifs is 1. The Hall–Kier alpha value is -2.69. The lowest BCUT2D eigenvalue weighted by Gasteiger charge is -2.07. The van der Waals surface area contributed by atoms with E-state index < -0.39 is 5.82 Å². The Morgan fingerprint density at radius 2 is 1.95 bits per heavy atom. The number of hydrogen-bond acceptors (Lipinski definition) is 4. The lowest BCUT2D eigenvalue weighted by atomic mass is 10.2. The second kappa shape index (κ2) is 4.53. The summed E-state index contributed by atoms with van der Waals surface area (Å²) in [6.07, 6.45) is 1.65. The summed E-state index contributed by atoms with van der Waals surface area (Å²) in [6, 6.07) is 11.6. The van der Waals surface area contributed by atoms with E-state index in [4.69, 9.17) is 10.5 Å². The van der Waals surface area contributed by atoms with Crippen LogP contribution in [0.1, 0.15) is 0 Å². The maximum atomic E-state index is 13.1. The highest BCUT2D eigenvalue weighted by atomic mass is 19.1. The molecule has 2 aromatic carbocycles. The summed E-state index contributed by atoms with van der Waals surface area (Å²) in [5.41, 5.74) is 6.79. The second-order valence-electron chi connectivity index (χ2n) is 4.00. The first kappa shape index (κ1) is 11.4. The highest BCUT2D eigenvalue weighted by molar-refractivity contribution is 5.77. The van der Waals surface area contributed by atoms with Gasteiger partial charge in [-0.25, -0.2) is 9.37 Å². The quantitative estimate of drug-likeness (QED) is 0.714. The summed E-state index contributed by atoms with van der Waals surface area (Å²) in [4.78, 5) is 8.29. The molecule has 2 N–H and O–H groups in total. The SMILES string of the molecule is Nc1ccc(F)cc1Oc1ncc2ccccc2n1. The van der Waals surface area contributed by atoms with Gasteiger partial charge in [-0.1, -0.05) is 18.2 Å². The van der Waals surface area contributed by atoms with E-state index in [-0.39, 0.29) is 11.8 Å². The molecule has 0 saturated heterocycles. The number of hydrogen-bond donors (Lipinski definition) is 1. The molecule has 0 atom stereocenters. The highest BCUT2D eigenvalue weighted by Gasteiger charge is 2.06. The van der Waals surface area contributed by atoms with Crippen LogP contribution in [-0.4, -0.2) is 9.97 Å². The van der Waals surface area contributed by atoms with E-state index in [9.17, 15) is 4.39 Å². The Labute approximate surface area is 108 Å². The molecule has 0 spiro atoms. The van der Waals surface area contributed by atoms with Crippen LogP contribution in [0.25, 0.3) is 10.9 Å². The zero-order valence-corrected chi connectivity index (χ0v) is 9.88. The van der Waals surface area contributed by atoms with Crippen LogP contribution in [0.2, 0.25) is 0 Å². The Bertz CT molecular complexity index is 746. The third kappa shape index (κ3) is 2.30. The Morgan fingerprint density at radius 1 is 1.11 bits per heavy atom. The number of benzene rings is 2. The standard InChI is InChI=1S/C14H10FN3O/c15-10-5-6-11(16)13(7-10)19-14-17-8-9-3-1-2-4-12(9)18-14/h1-8H,16H2. The van der Waals surface area contributed by atoms with Gasteiger partial charge in [0.25, 0.3) is 0 Å². The van der Waals surface area contributed by atoms with Gasteiger partial charge < -0.3 is 10.5 Å². The molecule has 1 aromatic heterocycles. The number of nitrogen functional groups attached to an aromatic ring is 1. The molecule has 4 nitrogen and oxygen atoms in total. The molecule has 0 unspecified atom stereocenters. The van der Waals surface area contributed by atoms with Crippen molar-refractivity contribution in [1.29, 1.82) is 0 Å². The Balaban J connectivity index is 1.98. The van der Waals surface area contributed by atoms with Crippen LogP contribution in [0, 0.1) is 5.82 Å². The van der Waals surface area contributed by atoms with Crippen molar-refractivity contribution in [3.8, 4) is 11.8 Å². The Kier molecular flexibility index (Phi) is 2.72. The molecule has 0 amide bonds. The summed E-state index contributed by atoms with van der Waals surface area (Å²) in [5.74, 6) is -0.222. The maximum absolute atomic E-state index is 13.1. The van der Waals surface area contributed by atoms with Gasteiger partial charge in [-0.3, -0.25) is 0 Å². The minimum absolute atomic E-state index is 0.135. The first-order valence-electron chi connectivity index (χ1n) is 5.67. The van der Waals surface area contributed by atoms with E-state index in [1.807, 2.05) is 24.3 Å². The van der Waals surface area contributed by atoms with Crippen LogP contribution < -0.4 is 10.5 Å². The Morgan fingerprint density at radius 3 is 2.84 bits per heavy atom. The van der Waals surface area contributed by atoms with Gasteiger partial charge in [0.1, 0.15) is 5.82 Å². The summed E-state index contributed by atoms with van der Waals surface area (Å²) in [5, 5.41) is 0.905. The van der Waals surface area contributed by atoms with Crippen LogP contribution >= 0.6 is 0 Å². The van der Waals surface area contributed by atoms with E-state index in [0.29, 0.717) is 5.69 Å². The first-order valence-corrected chi connectivity index (χ1v) is 5.67. The zero-order chi connectivity index (χ0) is 13.2. The lowest BCUT2D eigenvalue weighted by Crippen LogP contribution is -1.96. The number of ether oxygens (including phenoxy) is 1. The van der Waals surface area contributed by atoms with Gasteiger partial charge in [0.15, 0.2) is 5.75 Å². The van der Waals surface area contributed by atoms with Crippen molar-refractivity contribution in [3.05, 3.63) is 54.5 Å². The van der Waals surface area contributed by atoms with Crippen LogP contribution in [0.3, 0.4) is 0 Å². The maximum Gasteiger partial charge on any atom is 0.322 e. The van der Waals surface area contributed by atoms with Gasteiger partial charge in [-0.2, -0.15) is 4.98 Å². The van der Waals surface area contributed by atoms with Gasteiger partial charge in [-0.05, 0) is 18.2 Å². The van der Waals surface area contributed by atoms with E-state index in [1.54, 1.807) is 6.20 Å². The molecule has 0 aliphatic rings. The first-order chi connectivity index (χ1) is 9.22. The van der Waals surface area contributed by atoms with E-state index in [2.05, 4.69) is 9.97 Å². The van der Waals surface area contributed by atoms with Gasteiger partial charge in [0.2, 0.25) is 0 Å². The van der Waals surface area contributed by atoms with Crippen molar-refractivity contribution in [3.63, 3.8) is 0 Å². The van der Waals surface area contributed by atoms with Crippen molar-refractivity contribution < 1.29 is 9.13 Å². The largest absolute Gasteiger partial charge is 0.422 e. The number of aromatic nitrogens is 2. The molecule has 0 radical (unpaired) electrons. The normalized spacial score (nSPS) is 10.6. The molecular formula is C14H10FN3O. The molecule has 0 aliphatic heterocycles. The smallest absolute Gasteiger partial charge is 0.322 e. The number of nitrogens with two attached hydrogens (primary N) is 1. The summed E-state index contributed by atoms with van der Waals surface area (Å²) in [6.45, 7) is 0. The monoisotopic (exact) mass is 255 g/mol. The third-order valence-electron chi connectivity index (χ3n) is 2.64. The fourth-order valence-electron chi connectivity index (χ4n) is 1.70. The van der Waals surface area contributed by atoms with E-state index in [1.165, 1.54) is 18.2 Å². The summed E-state index contributed by atoms with van der Waals surface area (Å²) >= 11 is 0. The molecule has 1 heterocycles. The average Bonchev–Trinajstić information content (AvgIpc) is 2.43. The van der Waals surface area contributed by atoms with Crippen LogP contribution in [0.15, 0.2) is 48.7 Å². The highest BCUT2D eigenvalue weighted by Crippen LogP contribution is 2.26. The molecule has 5 heteroatoms. The van der Waals surface area contributed by atoms with Crippen molar-refractivity contribution in [1.82, 2.24) is 9.97 Å². The minimum atomic E-state index is -0.426. The number of rotatable bonds is 2. The zero-order valence-electron chi connectivity index (χ0n) is 9.88. The van der Waals surface area contributed by atoms with Crippen LogP contribution in [0.4, 0.5) is 10.1 Å². The molecule has 0 aliphatic carbocycles. The van der Waals surface area contributed by atoms with Gasteiger partial charge >= 0.3 is 6.01 Å². The molecular weight excluding hydrogens is 245 g/mol. The number of para-hydroxylation sites is 1.